The first-order chi connectivity index (χ1) is 36.1. The van der Waals surface area contributed by atoms with E-state index < -0.39 is 0 Å². The summed E-state index contributed by atoms with van der Waals surface area (Å²) < 4.78 is 7.11. The SMILES string of the molecule is Cc1c(C(C)(C)C)sc2cc3ccccc3cc12.Cc1c(C(C)(C)C)sc2ccccc12.Cc1cc2sc(C(C)(C)C)c(C)c2cc1C.Cc1ccc2c(C)c(C(C)(C)C)sc2c1.Cc1ccc2sc(C(C)(C)C)c(C)c2c1. The van der Waals surface area contributed by atoms with Gasteiger partial charge in [0.15, 0.2) is 0 Å². The molecular weight excluding hydrogens is 1040 g/mol. The minimum absolute atomic E-state index is 0.236. The summed E-state index contributed by atoms with van der Waals surface area (Å²) in [6.45, 7) is 54.3. The van der Waals surface area contributed by atoms with Gasteiger partial charge in [0.1, 0.15) is 0 Å². The summed E-state index contributed by atoms with van der Waals surface area (Å²) in [6.07, 6.45) is 0. The molecule has 6 aromatic carbocycles. The molecule has 5 heterocycles. The third-order valence-corrected chi connectivity index (χ3v) is 23.2. The number of hydrogen-bond donors (Lipinski definition) is 0. The van der Waals surface area contributed by atoms with Gasteiger partial charge in [0.2, 0.25) is 0 Å². The Labute approximate surface area is 491 Å². The Bertz CT molecular complexity index is 3890. The molecule has 0 N–H and O–H groups in total. The topological polar surface area (TPSA) is 0 Å². The second kappa shape index (κ2) is 23.1. The summed E-state index contributed by atoms with van der Waals surface area (Å²) in [5.74, 6) is 0. The Morgan fingerprint density at radius 3 is 1.01 bits per heavy atom. The van der Waals surface area contributed by atoms with Gasteiger partial charge in [-0.25, -0.2) is 0 Å². The van der Waals surface area contributed by atoms with Crippen LogP contribution in [0, 0.1) is 62.3 Å². The quantitative estimate of drug-likeness (QED) is 0.142. The summed E-state index contributed by atoms with van der Waals surface area (Å²) in [4.78, 5) is 7.57. The average molecular weight is 1130 g/mol. The number of thiophene rings is 5. The third kappa shape index (κ3) is 13.6. The van der Waals surface area contributed by atoms with Crippen LogP contribution in [0.3, 0.4) is 0 Å². The maximum atomic E-state index is 2.34. The Hall–Kier alpha value is -4.62. The molecule has 0 fully saturated rings. The van der Waals surface area contributed by atoms with Crippen molar-refractivity contribution in [3.63, 3.8) is 0 Å². The lowest BCUT2D eigenvalue weighted by Gasteiger charge is -2.17. The molecule has 5 heteroatoms. The molecule has 412 valence electrons. The minimum Gasteiger partial charge on any atom is -0.139 e. The second-order valence-corrected chi connectivity index (χ2v) is 32.4. The largest absolute Gasteiger partial charge is 0.139 e. The molecule has 0 aliphatic rings. The van der Waals surface area contributed by atoms with E-state index in [0.717, 1.165) is 0 Å². The van der Waals surface area contributed by atoms with Crippen LogP contribution < -0.4 is 0 Å². The highest BCUT2D eigenvalue weighted by atomic mass is 32.1. The van der Waals surface area contributed by atoms with E-state index in [4.69, 9.17) is 0 Å². The zero-order valence-electron chi connectivity index (χ0n) is 51.9. The molecule has 0 saturated carbocycles. The van der Waals surface area contributed by atoms with Crippen molar-refractivity contribution in [3.8, 4) is 0 Å². The predicted molar refractivity (Wildman–Crippen MR) is 363 cm³/mol. The van der Waals surface area contributed by atoms with Gasteiger partial charge >= 0.3 is 0 Å². The number of rotatable bonds is 0. The Balaban J connectivity index is 0.000000142. The highest BCUT2D eigenvalue weighted by Crippen LogP contribution is 2.44. The van der Waals surface area contributed by atoms with Crippen molar-refractivity contribution >= 4 is 118 Å². The fraction of sp³-hybridized carbons (Fsp3) is 0.397. The van der Waals surface area contributed by atoms with Gasteiger partial charge in [-0.05, 0) is 208 Å². The molecule has 78 heavy (non-hydrogen) atoms. The standard InChI is InChI=1S/C17H18S.C15H20S.2C14H18S.C13H16S/c1-11-14-9-12-7-5-6-8-13(12)10-15(14)18-16(11)17(2,3)4;1-9-7-12-11(3)14(15(4,5)6)16-13(12)8-10(9)2;1-9-6-7-12-11(8-9)10(2)13(15-12)14(3,4)5;1-9-6-7-11-10(2)13(14(3,4)5)15-12(11)8-9;1-9-10-7-5-6-8-11(10)14-12(9)13(2,3)4/h5-10H,1-4H3;7-8H,1-6H3;2*6-8H,1-5H3;5-8H,1-4H3. The lowest BCUT2D eigenvalue weighted by molar-refractivity contribution is 0.600. The van der Waals surface area contributed by atoms with E-state index in [0.29, 0.717) is 0 Å². The van der Waals surface area contributed by atoms with Crippen LogP contribution >= 0.6 is 56.7 Å². The summed E-state index contributed by atoms with van der Waals surface area (Å²) in [6, 6.07) is 40.1. The predicted octanol–water partition coefficient (Wildman–Crippen LogP) is 24.9. The second-order valence-electron chi connectivity index (χ2n) is 27.2. The molecule has 0 atom stereocenters. The van der Waals surface area contributed by atoms with Gasteiger partial charge in [0, 0.05) is 47.9 Å². The van der Waals surface area contributed by atoms with E-state index in [1.54, 1.807) is 0 Å². The van der Waals surface area contributed by atoms with Crippen LogP contribution in [-0.4, -0.2) is 0 Å². The van der Waals surface area contributed by atoms with Crippen LogP contribution in [0.2, 0.25) is 0 Å². The molecule has 5 aromatic heterocycles. The van der Waals surface area contributed by atoms with Crippen molar-refractivity contribution in [1.82, 2.24) is 0 Å². The molecule has 0 nitrogen and oxygen atoms in total. The summed E-state index contributed by atoms with van der Waals surface area (Å²) in [5, 5.41) is 9.82. The normalized spacial score (nSPS) is 12.4. The molecule has 0 aliphatic heterocycles. The van der Waals surface area contributed by atoms with Gasteiger partial charge in [-0.1, -0.05) is 182 Å². The van der Waals surface area contributed by atoms with E-state index in [2.05, 4.69) is 275 Å². The summed E-state index contributed by atoms with van der Waals surface area (Å²) >= 11 is 9.71. The van der Waals surface area contributed by atoms with Crippen LogP contribution in [0.25, 0.3) is 61.2 Å². The summed E-state index contributed by atoms with van der Waals surface area (Å²) in [5.41, 5.74) is 14.1. The molecular formula is C73H90S5. The van der Waals surface area contributed by atoms with Gasteiger partial charge in [-0.2, -0.15) is 0 Å². The van der Waals surface area contributed by atoms with Crippen molar-refractivity contribution < 1.29 is 0 Å². The molecule has 0 aliphatic carbocycles. The number of hydrogen-bond acceptors (Lipinski definition) is 5. The van der Waals surface area contributed by atoms with Gasteiger partial charge < -0.3 is 0 Å². The molecule has 0 saturated heterocycles. The minimum atomic E-state index is 0.236. The molecule has 0 radical (unpaired) electrons. The van der Waals surface area contributed by atoms with Crippen molar-refractivity contribution in [2.24, 2.45) is 0 Å². The van der Waals surface area contributed by atoms with E-state index in [9.17, 15) is 0 Å². The maximum absolute atomic E-state index is 2.34. The number of aryl methyl sites for hydroxylation is 9. The summed E-state index contributed by atoms with van der Waals surface area (Å²) in [7, 11) is 0. The third-order valence-electron chi connectivity index (χ3n) is 14.8. The molecule has 0 unspecified atom stereocenters. The molecule has 0 bridgehead atoms. The van der Waals surface area contributed by atoms with Crippen LogP contribution in [0.1, 0.15) is 178 Å². The molecule has 11 rings (SSSR count). The lowest BCUT2D eigenvalue weighted by atomic mass is 9.91. The Kier molecular flexibility index (Phi) is 18.1. The smallest absolute Gasteiger partial charge is 0.0355 e. The first kappa shape index (κ1) is 61.0. The Morgan fingerprint density at radius 2 is 0.551 bits per heavy atom. The van der Waals surface area contributed by atoms with Crippen LogP contribution in [0.5, 0.6) is 0 Å². The fourth-order valence-corrected chi connectivity index (χ4v) is 17.3. The van der Waals surface area contributed by atoms with E-state index in [1.165, 1.54) is 136 Å². The van der Waals surface area contributed by atoms with Gasteiger partial charge in [-0.15, -0.1) is 56.7 Å². The van der Waals surface area contributed by atoms with E-state index in [-0.39, 0.29) is 27.1 Å². The van der Waals surface area contributed by atoms with E-state index in [1.807, 2.05) is 56.7 Å². The van der Waals surface area contributed by atoms with E-state index >= 15 is 0 Å². The molecule has 0 amide bonds. The maximum Gasteiger partial charge on any atom is 0.0355 e. The van der Waals surface area contributed by atoms with Gasteiger partial charge in [-0.3, -0.25) is 0 Å². The van der Waals surface area contributed by atoms with Crippen molar-refractivity contribution in [3.05, 3.63) is 184 Å². The lowest BCUT2D eigenvalue weighted by Crippen LogP contribution is -2.09. The average Bonchev–Trinajstić information content (AvgIpc) is 4.21. The van der Waals surface area contributed by atoms with Crippen molar-refractivity contribution in [2.75, 3.05) is 0 Å². The molecule has 0 spiro atoms. The highest BCUT2D eigenvalue weighted by molar-refractivity contribution is 7.21. The van der Waals surface area contributed by atoms with Gasteiger partial charge in [0.05, 0.1) is 0 Å². The first-order valence-electron chi connectivity index (χ1n) is 28.0. The number of benzene rings is 6. The Morgan fingerprint density at radius 1 is 0.244 bits per heavy atom. The van der Waals surface area contributed by atoms with Crippen LogP contribution in [-0.2, 0) is 27.1 Å². The van der Waals surface area contributed by atoms with Crippen LogP contribution in [0.15, 0.2) is 109 Å². The highest BCUT2D eigenvalue weighted by Gasteiger charge is 2.25. The zero-order valence-corrected chi connectivity index (χ0v) is 56.0. The fourth-order valence-electron chi connectivity index (χ4n) is 10.8. The van der Waals surface area contributed by atoms with Gasteiger partial charge in [0.25, 0.3) is 0 Å². The number of fused-ring (bicyclic) bond motifs is 6. The van der Waals surface area contributed by atoms with Crippen molar-refractivity contribution in [1.29, 1.82) is 0 Å². The first-order valence-corrected chi connectivity index (χ1v) is 32.1. The monoisotopic (exact) mass is 1130 g/mol. The molecule has 11 aromatic rings. The van der Waals surface area contributed by atoms with Crippen molar-refractivity contribution in [2.45, 2.75) is 193 Å². The van der Waals surface area contributed by atoms with Crippen LogP contribution in [0.4, 0.5) is 0 Å². The zero-order chi connectivity index (χ0) is 57.8.